The third-order valence-electron chi connectivity index (χ3n) is 5.44. The molecular weight excluding hydrogens is 336 g/mol. The van der Waals surface area contributed by atoms with Gasteiger partial charge in [0, 0.05) is 44.7 Å². The van der Waals surface area contributed by atoms with Gasteiger partial charge >= 0.3 is 0 Å². The fourth-order valence-electron chi connectivity index (χ4n) is 3.87. The number of rotatable bonds is 4. The summed E-state index contributed by atoms with van der Waals surface area (Å²) in [4.78, 5) is 9.33. The van der Waals surface area contributed by atoms with Crippen LogP contribution < -0.4 is 10.2 Å². The lowest BCUT2D eigenvalue weighted by molar-refractivity contribution is 0.368. The number of phenolic OH excluding ortho intramolecular Hbond substituents is 1. The second-order valence-electron chi connectivity index (χ2n) is 7.26. The first-order valence-corrected chi connectivity index (χ1v) is 9.90. The van der Waals surface area contributed by atoms with Crippen LogP contribution in [0.25, 0.3) is 0 Å². The van der Waals surface area contributed by atoms with E-state index in [4.69, 9.17) is 4.99 Å². The van der Waals surface area contributed by atoms with E-state index < -0.39 is 0 Å². The molecule has 5 nitrogen and oxygen atoms in total. The predicted octanol–water partition coefficient (Wildman–Crippen LogP) is 3.04. The lowest BCUT2D eigenvalue weighted by Gasteiger charge is -2.38. The second-order valence-corrected chi connectivity index (χ2v) is 7.26. The van der Waals surface area contributed by atoms with Gasteiger partial charge in [-0.1, -0.05) is 42.5 Å². The Morgan fingerprint density at radius 2 is 1.74 bits per heavy atom. The molecule has 1 aliphatic heterocycles. The van der Waals surface area contributed by atoms with E-state index in [-0.39, 0.29) is 0 Å². The number of hydrogen-bond donors (Lipinski definition) is 2. The Balaban J connectivity index is 1.36. The highest BCUT2D eigenvalue weighted by Gasteiger charge is 2.39. The van der Waals surface area contributed by atoms with Gasteiger partial charge in [0.05, 0.1) is 5.69 Å². The topological polar surface area (TPSA) is 51.1 Å². The summed E-state index contributed by atoms with van der Waals surface area (Å²) in [5, 5.41) is 13.8. The summed E-state index contributed by atoms with van der Waals surface area (Å²) in [5.74, 6) is 1.98. The van der Waals surface area contributed by atoms with Crippen molar-refractivity contribution in [3.63, 3.8) is 0 Å². The zero-order valence-corrected chi connectivity index (χ0v) is 15.9. The summed E-state index contributed by atoms with van der Waals surface area (Å²) in [6.07, 6.45) is 1.17. The fourth-order valence-corrected chi connectivity index (χ4v) is 3.87. The molecule has 1 aliphatic carbocycles. The molecule has 5 heteroatoms. The maximum Gasteiger partial charge on any atom is 0.194 e. The van der Waals surface area contributed by atoms with Gasteiger partial charge in [-0.3, -0.25) is 4.99 Å². The maximum atomic E-state index is 10.1. The summed E-state index contributed by atoms with van der Waals surface area (Å²) < 4.78 is 0. The first-order valence-electron chi connectivity index (χ1n) is 9.90. The van der Waals surface area contributed by atoms with Crippen LogP contribution in [0.3, 0.4) is 0 Å². The van der Waals surface area contributed by atoms with Crippen LogP contribution in [0.2, 0.25) is 0 Å². The molecular formula is C22H28N4O. The van der Waals surface area contributed by atoms with Gasteiger partial charge < -0.3 is 20.2 Å². The second kappa shape index (κ2) is 7.91. The van der Waals surface area contributed by atoms with Crippen molar-refractivity contribution < 1.29 is 5.11 Å². The number of nitrogens with zero attached hydrogens (tertiary/aromatic N) is 3. The highest BCUT2D eigenvalue weighted by Crippen LogP contribution is 2.40. The van der Waals surface area contributed by atoms with Crippen molar-refractivity contribution in [2.45, 2.75) is 25.3 Å². The summed E-state index contributed by atoms with van der Waals surface area (Å²) in [7, 11) is 0. The van der Waals surface area contributed by atoms with Crippen molar-refractivity contribution in [3.05, 3.63) is 60.2 Å². The van der Waals surface area contributed by atoms with Crippen LogP contribution in [0.1, 0.15) is 24.8 Å². The molecule has 1 heterocycles. The van der Waals surface area contributed by atoms with E-state index in [0.717, 1.165) is 44.4 Å². The summed E-state index contributed by atoms with van der Waals surface area (Å²) in [6.45, 7) is 6.45. The molecule has 2 N–H and O–H groups in total. The van der Waals surface area contributed by atoms with Crippen molar-refractivity contribution in [1.29, 1.82) is 0 Å². The van der Waals surface area contributed by atoms with Gasteiger partial charge in [0.2, 0.25) is 0 Å². The zero-order valence-electron chi connectivity index (χ0n) is 15.9. The van der Waals surface area contributed by atoms with E-state index >= 15 is 0 Å². The number of anilines is 1. The number of para-hydroxylation sites is 2. The van der Waals surface area contributed by atoms with Gasteiger partial charge in [0.25, 0.3) is 0 Å². The first-order chi connectivity index (χ1) is 13.3. The maximum absolute atomic E-state index is 10.1. The van der Waals surface area contributed by atoms with Crippen LogP contribution in [0.4, 0.5) is 5.69 Å². The number of guanidine groups is 1. The number of nitrogens with one attached hydrogen (secondary N) is 1. The number of aliphatic imine (C=N–C) groups is 1. The molecule has 0 spiro atoms. The lowest BCUT2D eigenvalue weighted by atomic mass is 10.1. The summed E-state index contributed by atoms with van der Waals surface area (Å²) in [6, 6.07) is 18.8. The SMILES string of the molecule is CCN=C(NC1CC1c1ccccc1)N1CCN(c2ccccc2O)CC1. The van der Waals surface area contributed by atoms with Crippen molar-refractivity contribution >= 4 is 11.6 Å². The van der Waals surface area contributed by atoms with Gasteiger partial charge in [-0.25, -0.2) is 0 Å². The van der Waals surface area contributed by atoms with Crippen molar-refractivity contribution in [2.24, 2.45) is 4.99 Å². The largest absolute Gasteiger partial charge is 0.506 e. The molecule has 2 aromatic rings. The van der Waals surface area contributed by atoms with E-state index in [0.29, 0.717) is 17.7 Å². The van der Waals surface area contributed by atoms with Gasteiger partial charge in [0.15, 0.2) is 5.96 Å². The third-order valence-corrected chi connectivity index (χ3v) is 5.44. The highest BCUT2D eigenvalue weighted by molar-refractivity contribution is 5.81. The Hall–Kier alpha value is -2.69. The minimum Gasteiger partial charge on any atom is -0.506 e. The van der Waals surface area contributed by atoms with Gasteiger partial charge in [-0.05, 0) is 31.0 Å². The van der Waals surface area contributed by atoms with E-state index in [1.807, 2.05) is 18.2 Å². The zero-order chi connectivity index (χ0) is 18.6. The molecule has 27 heavy (non-hydrogen) atoms. The van der Waals surface area contributed by atoms with Crippen LogP contribution in [0.5, 0.6) is 5.75 Å². The third kappa shape index (κ3) is 4.02. The average molecular weight is 364 g/mol. The van der Waals surface area contributed by atoms with Crippen molar-refractivity contribution in [1.82, 2.24) is 10.2 Å². The lowest BCUT2D eigenvalue weighted by Crippen LogP contribution is -2.53. The van der Waals surface area contributed by atoms with Gasteiger partial charge in [-0.15, -0.1) is 0 Å². The quantitative estimate of drug-likeness (QED) is 0.647. The molecule has 2 fully saturated rings. The van der Waals surface area contributed by atoms with Crippen LogP contribution in [0, 0.1) is 0 Å². The Bertz CT molecular complexity index is 784. The molecule has 0 bridgehead atoms. The molecule has 0 radical (unpaired) electrons. The van der Waals surface area contributed by atoms with E-state index in [1.54, 1.807) is 6.07 Å². The van der Waals surface area contributed by atoms with E-state index in [2.05, 4.69) is 52.4 Å². The van der Waals surface area contributed by atoms with Crippen LogP contribution in [-0.4, -0.2) is 54.7 Å². The minimum atomic E-state index is 0.357. The highest BCUT2D eigenvalue weighted by atomic mass is 16.3. The first kappa shape index (κ1) is 17.7. The fraction of sp³-hybridized carbons (Fsp3) is 0.409. The molecule has 2 unspecified atom stereocenters. The van der Waals surface area contributed by atoms with Crippen LogP contribution >= 0.6 is 0 Å². The van der Waals surface area contributed by atoms with E-state index in [9.17, 15) is 5.11 Å². The van der Waals surface area contributed by atoms with E-state index in [1.165, 1.54) is 12.0 Å². The number of benzene rings is 2. The average Bonchev–Trinajstić information content (AvgIpc) is 3.48. The Kier molecular flexibility index (Phi) is 5.19. The summed E-state index contributed by atoms with van der Waals surface area (Å²) in [5.41, 5.74) is 2.33. The number of piperazine rings is 1. The monoisotopic (exact) mass is 364 g/mol. The van der Waals surface area contributed by atoms with Crippen LogP contribution in [-0.2, 0) is 0 Å². The minimum absolute atomic E-state index is 0.357. The van der Waals surface area contributed by atoms with Crippen molar-refractivity contribution in [3.8, 4) is 5.75 Å². The number of aromatic hydroxyl groups is 1. The Morgan fingerprint density at radius 1 is 1.04 bits per heavy atom. The Labute approximate surface area is 161 Å². The smallest absolute Gasteiger partial charge is 0.194 e. The molecule has 2 atom stereocenters. The molecule has 2 aliphatic rings. The number of hydrogen-bond acceptors (Lipinski definition) is 3. The van der Waals surface area contributed by atoms with Crippen LogP contribution in [0.15, 0.2) is 59.6 Å². The predicted molar refractivity (Wildman–Crippen MR) is 111 cm³/mol. The van der Waals surface area contributed by atoms with Gasteiger partial charge in [-0.2, -0.15) is 0 Å². The van der Waals surface area contributed by atoms with Crippen molar-refractivity contribution in [2.75, 3.05) is 37.6 Å². The molecule has 0 aromatic heterocycles. The number of phenols is 1. The molecule has 2 aromatic carbocycles. The summed E-state index contributed by atoms with van der Waals surface area (Å²) >= 11 is 0. The normalized spacial score (nSPS) is 22.6. The Morgan fingerprint density at radius 3 is 2.44 bits per heavy atom. The standard InChI is InChI=1S/C22H28N4O/c1-2-23-22(24-19-16-18(19)17-8-4-3-5-9-17)26-14-12-25(13-15-26)20-10-6-7-11-21(20)27/h3-11,18-19,27H,2,12-16H2,1H3,(H,23,24). The molecule has 1 saturated carbocycles. The van der Waals surface area contributed by atoms with Gasteiger partial charge in [0.1, 0.15) is 5.75 Å². The molecule has 142 valence electrons. The molecule has 4 rings (SSSR count). The molecule has 1 saturated heterocycles. The molecule has 0 amide bonds.